The van der Waals surface area contributed by atoms with E-state index < -0.39 is 11.7 Å². The van der Waals surface area contributed by atoms with Gasteiger partial charge >= 0.3 is 6.18 Å². The molecule has 1 aliphatic heterocycles. The second kappa shape index (κ2) is 9.74. The van der Waals surface area contributed by atoms with Crippen LogP contribution in [-0.2, 0) is 12.7 Å². The second-order valence-corrected chi connectivity index (χ2v) is 10.6. The number of benzene rings is 2. The van der Waals surface area contributed by atoms with Gasteiger partial charge in [0.1, 0.15) is 11.6 Å². The van der Waals surface area contributed by atoms with Crippen LogP contribution in [0.5, 0.6) is 0 Å². The quantitative estimate of drug-likeness (QED) is 0.307. The van der Waals surface area contributed by atoms with E-state index in [1.54, 1.807) is 6.20 Å². The number of halogens is 3. The molecule has 0 atom stereocenters. The predicted octanol–water partition coefficient (Wildman–Crippen LogP) is 7.38. The Kier molecular flexibility index (Phi) is 6.62. The molecule has 0 spiro atoms. The number of likely N-dealkylation sites (tertiary alicyclic amines) is 1. The van der Waals surface area contributed by atoms with E-state index in [9.17, 15) is 13.2 Å². The van der Waals surface area contributed by atoms with Gasteiger partial charge in [-0.3, -0.25) is 9.88 Å². The summed E-state index contributed by atoms with van der Waals surface area (Å²) in [6.45, 7) is 9.13. The highest BCUT2D eigenvalue weighted by Crippen LogP contribution is 2.33. The molecule has 5 nitrogen and oxygen atoms in total. The average Bonchev–Trinajstić information content (AvgIpc) is 2.83. The van der Waals surface area contributed by atoms with Crippen LogP contribution in [0.25, 0.3) is 22.2 Å². The first-order valence-corrected chi connectivity index (χ1v) is 12.5. The van der Waals surface area contributed by atoms with E-state index in [1.807, 2.05) is 37.3 Å². The summed E-state index contributed by atoms with van der Waals surface area (Å²) in [7, 11) is 0. The zero-order valence-corrected chi connectivity index (χ0v) is 21.2. The van der Waals surface area contributed by atoms with Crippen molar-refractivity contribution in [2.75, 3.05) is 18.4 Å². The molecule has 0 amide bonds. The molecule has 1 fully saturated rings. The van der Waals surface area contributed by atoms with Crippen LogP contribution in [0.4, 0.5) is 24.7 Å². The van der Waals surface area contributed by atoms with Crippen molar-refractivity contribution in [3.05, 3.63) is 77.7 Å². The third-order valence-corrected chi connectivity index (χ3v) is 6.85. The lowest BCUT2D eigenvalue weighted by Crippen LogP contribution is -2.39. The summed E-state index contributed by atoms with van der Waals surface area (Å²) in [5.74, 6) is 1.25. The Hall–Kier alpha value is -3.52. The molecule has 2 aromatic carbocycles. The number of hydrogen-bond donors (Lipinski definition) is 1. The Bertz CT molecular complexity index is 1410. The molecule has 0 radical (unpaired) electrons. The molecule has 0 unspecified atom stereocenters. The van der Waals surface area contributed by atoms with Gasteiger partial charge in [0.05, 0.1) is 23.3 Å². The number of nitrogens with zero attached hydrogens (tertiary/aromatic N) is 4. The number of aryl methyl sites for hydroxylation is 1. The van der Waals surface area contributed by atoms with Gasteiger partial charge in [-0.05, 0) is 79.8 Å². The summed E-state index contributed by atoms with van der Waals surface area (Å²) in [6.07, 6.45) is -0.293. The monoisotopic (exact) mass is 505 g/mol. The molecule has 1 N–H and O–H groups in total. The van der Waals surface area contributed by atoms with Crippen LogP contribution >= 0.6 is 0 Å². The fraction of sp³-hybridized carbons (Fsp3) is 0.345. The number of anilines is 2. The fourth-order valence-corrected chi connectivity index (χ4v) is 5.04. The minimum Gasteiger partial charge on any atom is -0.340 e. The lowest BCUT2D eigenvalue weighted by molar-refractivity contribution is -0.137. The third-order valence-electron chi connectivity index (χ3n) is 6.85. The molecule has 8 heteroatoms. The molecule has 5 rings (SSSR count). The maximum Gasteiger partial charge on any atom is 0.416 e. The van der Waals surface area contributed by atoms with Crippen LogP contribution < -0.4 is 5.32 Å². The summed E-state index contributed by atoms with van der Waals surface area (Å²) in [5.41, 5.74) is 3.75. The van der Waals surface area contributed by atoms with E-state index in [1.165, 1.54) is 18.6 Å². The molecule has 1 saturated heterocycles. The normalized spacial score (nSPS) is 16.2. The number of piperidine rings is 1. The minimum atomic E-state index is -4.38. The average molecular weight is 506 g/mol. The van der Waals surface area contributed by atoms with Gasteiger partial charge in [0.15, 0.2) is 0 Å². The standard InChI is InChI=1S/C29H30F3N5/c1-19-6-4-14-33-26(19)20-7-12-23-24(16-20)35-25(17-37-15-5-13-28(2,3)18-37)36-27(23)34-22-10-8-21(9-11-22)29(30,31)32/h4,6-12,14,16H,5,13,15,17-18H2,1-3H3,(H,34,35,36). The number of alkyl halides is 3. The van der Waals surface area contributed by atoms with Gasteiger partial charge in [0.2, 0.25) is 0 Å². The van der Waals surface area contributed by atoms with E-state index in [0.717, 1.165) is 59.4 Å². The third kappa shape index (κ3) is 5.74. The predicted molar refractivity (Wildman–Crippen MR) is 141 cm³/mol. The second-order valence-electron chi connectivity index (χ2n) is 10.6. The SMILES string of the molecule is Cc1cccnc1-c1ccc2c(Nc3ccc(C(F)(F)F)cc3)nc(CN3CCCC(C)(C)C3)nc2c1. The van der Waals surface area contributed by atoms with Crippen LogP contribution in [0, 0.1) is 12.3 Å². The van der Waals surface area contributed by atoms with Crippen molar-refractivity contribution >= 4 is 22.4 Å². The molecule has 0 aliphatic carbocycles. The summed E-state index contributed by atoms with van der Waals surface area (Å²) >= 11 is 0. The summed E-state index contributed by atoms with van der Waals surface area (Å²) < 4.78 is 39.1. The molecule has 192 valence electrons. The fourth-order valence-electron chi connectivity index (χ4n) is 5.04. The minimum absolute atomic E-state index is 0.236. The van der Waals surface area contributed by atoms with Crippen molar-refractivity contribution in [1.29, 1.82) is 0 Å². The Balaban J connectivity index is 1.54. The number of pyridine rings is 1. The summed E-state index contributed by atoms with van der Waals surface area (Å²) in [5, 5.41) is 4.03. The molecular formula is C29H30F3N5. The highest BCUT2D eigenvalue weighted by atomic mass is 19.4. The van der Waals surface area contributed by atoms with Crippen molar-refractivity contribution < 1.29 is 13.2 Å². The highest BCUT2D eigenvalue weighted by Gasteiger charge is 2.30. The van der Waals surface area contributed by atoms with Crippen LogP contribution in [0.2, 0.25) is 0 Å². The van der Waals surface area contributed by atoms with E-state index in [-0.39, 0.29) is 5.41 Å². The van der Waals surface area contributed by atoms with E-state index in [2.05, 4.69) is 29.0 Å². The lowest BCUT2D eigenvalue weighted by Gasteiger charge is -2.37. The Morgan fingerprint density at radius 2 is 1.81 bits per heavy atom. The molecule has 2 aromatic heterocycles. The molecule has 1 aliphatic rings. The summed E-state index contributed by atoms with van der Waals surface area (Å²) in [6, 6.07) is 14.9. The van der Waals surface area contributed by atoms with Crippen molar-refractivity contribution in [1.82, 2.24) is 19.9 Å². The van der Waals surface area contributed by atoms with Gasteiger partial charge in [-0.2, -0.15) is 13.2 Å². The number of fused-ring (bicyclic) bond motifs is 1. The number of hydrogen-bond acceptors (Lipinski definition) is 5. The molecule has 37 heavy (non-hydrogen) atoms. The van der Waals surface area contributed by atoms with Gasteiger partial charge in [0.25, 0.3) is 0 Å². The lowest BCUT2D eigenvalue weighted by atomic mass is 9.84. The maximum absolute atomic E-state index is 13.0. The first-order valence-electron chi connectivity index (χ1n) is 12.5. The largest absolute Gasteiger partial charge is 0.416 e. The van der Waals surface area contributed by atoms with Crippen molar-refractivity contribution in [3.63, 3.8) is 0 Å². The first kappa shape index (κ1) is 25.1. The first-order chi connectivity index (χ1) is 17.6. The van der Waals surface area contributed by atoms with Crippen molar-refractivity contribution in [3.8, 4) is 11.3 Å². The Morgan fingerprint density at radius 1 is 1.03 bits per heavy atom. The number of aromatic nitrogens is 3. The van der Waals surface area contributed by atoms with Gasteiger partial charge < -0.3 is 5.32 Å². The topological polar surface area (TPSA) is 53.9 Å². The van der Waals surface area contributed by atoms with Gasteiger partial charge in [-0.15, -0.1) is 0 Å². The Labute approximate surface area is 214 Å². The van der Waals surface area contributed by atoms with Gasteiger partial charge in [-0.25, -0.2) is 9.97 Å². The van der Waals surface area contributed by atoms with E-state index >= 15 is 0 Å². The van der Waals surface area contributed by atoms with Crippen molar-refractivity contribution in [2.24, 2.45) is 5.41 Å². The summed E-state index contributed by atoms with van der Waals surface area (Å²) in [4.78, 5) is 16.7. The van der Waals surface area contributed by atoms with Gasteiger partial charge in [0, 0.05) is 29.4 Å². The van der Waals surface area contributed by atoms with E-state index in [0.29, 0.717) is 23.9 Å². The molecule has 0 bridgehead atoms. The molecule has 4 aromatic rings. The smallest absolute Gasteiger partial charge is 0.340 e. The maximum atomic E-state index is 13.0. The van der Waals surface area contributed by atoms with Crippen LogP contribution in [0.3, 0.4) is 0 Å². The molecule has 0 saturated carbocycles. The van der Waals surface area contributed by atoms with Crippen LogP contribution in [0.1, 0.15) is 43.6 Å². The highest BCUT2D eigenvalue weighted by molar-refractivity contribution is 5.93. The van der Waals surface area contributed by atoms with Crippen molar-refractivity contribution in [2.45, 2.75) is 46.3 Å². The zero-order chi connectivity index (χ0) is 26.2. The Morgan fingerprint density at radius 3 is 2.51 bits per heavy atom. The molecule has 3 heterocycles. The van der Waals surface area contributed by atoms with Crippen LogP contribution in [-0.4, -0.2) is 32.9 Å². The van der Waals surface area contributed by atoms with E-state index in [4.69, 9.17) is 9.97 Å². The zero-order valence-electron chi connectivity index (χ0n) is 21.2. The molecular weight excluding hydrogens is 475 g/mol. The van der Waals surface area contributed by atoms with Crippen LogP contribution in [0.15, 0.2) is 60.8 Å². The van der Waals surface area contributed by atoms with Gasteiger partial charge in [-0.1, -0.05) is 26.0 Å². The number of nitrogens with one attached hydrogen (secondary N) is 1. The number of rotatable bonds is 5.